The zero-order valence-corrected chi connectivity index (χ0v) is 18.6. The number of para-hydroxylation sites is 2. The van der Waals surface area contributed by atoms with Gasteiger partial charge >= 0.3 is 0 Å². The van der Waals surface area contributed by atoms with Crippen LogP contribution in [0.4, 0.5) is 17.1 Å². The molecule has 1 heterocycles. The summed E-state index contributed by atoms with van der Waals surface area (Å²) in [5, 5.41) is 6.06. The quantitative estimate of drug-likeness (QED) is 0.566. The maximum absolute atomic E-state index is 13.2. The number of benzene rings is 3. The van der Waals surface area contributed by atoms with Crippen molar-refractivity contribution in [2.45, 2.75) is 19.4 Å². The fourth-order valence-corrected chi connectivity index (χ4v) is 3.68. The number of hydrogen-bond donors (Lipinski definition) is 2. The minimum Gasteiger partial charge on any atom is -0.484 e. The molecule has 0 unspecified atom stereocenters. The lowest BCUT2D eigenvalue weighted by Gasteiger charge is -2.36. The van der Waals surface area contributed by atoms with Crippen LogP contribution in [0.25, 0.3) is 0 Å². The molecular weight excluding hydrogens is 442 g/mol. The Morgan fingerprint density at radius 1 is 1.03 bits per heavy atom. The maximum Gasteiger partial charge on any atom is 0.265 e. The standard InChI is InChI=1S/C25H22ClN3O4/c1-16-6-12-19(13-7-16)33-15-24(31)29-21-5-3-2-4-20(21)28-25(32)22(29)14-23(30)27-18-10-8-17(26)9-11-18/h2-13,22H,14-15H2,1H3,(H,27,30)(H,28,32)/t22-/m0/s1. The van der Waals surface area contributed by atoms with Crippen molar-refractivity contribution in [2.75, 3.05) is 22.1 Å². The molecular formula is C25H22ClN3O4. The number of hydrogen-bond acceptors (Lipinski definition) is 4. The van der Waals surface area contributed by atoms with Crippen molar-refractivity contribution in [3.05, 3.63) is 83.4 Å². The third-order valence-electron chi connectivity index (χ3n) is 5.19. The minimum atomic E-state index is -1.03. The number of rotatable bonds is 6. The molecule has 1 aliphatic rings. The van der Waals surface area contributed by atoms with Gasteiger partial charge in [-0.3, -0.25) is 19.3 Å². The SMILES string of the molecule is Cc1ccc(OCC(=O)N2c3ccccc3NC(=O)[C@@H]2CC(=O)Nc2ccc(Cl)cc2)cc1. The van der Waals surface area contributed by atoms with Crippen molar-refractivity contribution in [1.82, 2.24) is 0 Å². The lowest BCUT2D eigenvalue weighted by molar-refractivity contribution is -0.127. The number of fused-ring (bicyclic) bond motifs is 1. The molecule has 0 bridgehead atoms. The van der Waals surface area contributed by atoms with Gasteiger partial charge in [-0.25, -0.2) is 0 Å². The summed E-state index contributed by atoms with van der Waals surface area (Å²) >= 11 is 5.88. The van der Waals surface area contributed by atoms with Gasteiger partial charge in [0.15, 0.2) is 6.61 Å². The first-order valence-electron chi connectivity index (χ1n) is 10.4. The number of aryl methyl sites for hydroxylation is 1. The number of amides is 3. The second-order valence-electron chi connectivity index (χ2n) is 7.65. The van der Waals surface area contributed by atoms with Crippen molar-refractivity contribution in [2.24, 2.45) is 0 Å². The van der Waals surface area contributed by atoms with Crippen molar-refractivity contribution in [3.8, 4) is 5.75 Å². The lowest BCUT2D eigenvalue weighted by atomic mass is 10.0. The van der Waals surface area contributed by atoms with E-state index in [2.05, 4.69) is 10.6 Å². The Morgan fingerprint density at radius 3 is 2.45 bits per heavy atom. The number of nitrogens with zero attached hydrogens (tertiary/aromatic N) is 1. The van der Waals surface area contributed by atoms with Crippen molar-refractivity contribution in [3.63, 3.8) is 0 Å². The van der Waals surface area contributed by atoms with Crippen molar-refractivity contribution < 1.29 is 19.1 Å². The first-order valence-corrected chi connectivity index (χ1v) is 10.8. The van der Waals surface area contributed by atoms with E-state index in [-0.39, 0.29) is 13.0 Å². The maximum atomic E-state index is 13.2. The Bertz CT molecular complexity index is 1180. The van der Waals surface area contributed by atoms with Crippen LogP contribution in [0.15, 0.2) is 72.8 Å². The predicted molar refractivity (Wildman–Crippen MR) is 128 cm³/mol. The van der Waals surface area contributed by atoms with Crippen LogP contribution in [0.2, 0.25) is 5.02 Å². The summed E-state index contributed by atoms with van der Waals surface area (Å²) in [6, 6.07) is 19.9. The predicted octanol–water partition coefficient (Wildman–Crippen LogP) is 4.41. The number of anilines is 3. The second kappa shape index (κ2) is 9.75. The topological polar surface area (TPSA) is 87.7 Å². The summed E-state index contributed by atoms with van der Waals surface area (Å²) in [7, 11) is 0. The molecule has 0 aliphatic carbocycles. The van der Waals surface area contributed by atoms with Gasteiger partial charge in [-0.2, -0.15) is 0 Å². The first kappa shape index (κ1) is 22.4. The molecule has 3 aromatic rings. The summed E-state index contributed by atoms with van der Waals surface area (Å²) in [6.45, 7) is 1.68. The van der Waals surface area contributed by atoms with Crippen LogP contribution in [0.5, 0.6) is 5.75 Å². The summed E-state index contributed by atoms with van der Waals surface area (Å²) in [5.41, 5.74) is 2.63. The Morgan fingerprint density at radius 2 is 1.73 bits per heavy atom. The molecule has 3 aromatic carbocycles. The van der Waals surface area contributed by atoms with Crippen LogP contribution in [0.3, 0.4) is 0 Å². The van der Waals surface area contributed by atoms with Gasteiger partial charge in [-0.05, 0) is 55.5 Å². The molecule has 1 aliphatic heterocycles. The van der Waals surface area contributed by atoms with Crippen LogP contribution >= 0.6 is 11.6 Å². The highest BCUT2D eigenvalue weighted by Crippen LogP contribution is 2.33. The molecule has 7 nitrogen and oxygen atoms in total. The Kier molecular flexibility index (Phi) is 6.60. The van der Waals surface area contributed by atoms with Gasteiger partial charge in [0.2, 0.25) is 11.8 Å². The van der Waals surface area contributed by atoms with Gasteiger partial charge in [0.05, 0.1) is 17.8 Å². The molecule has 8 heteroatoms. The normalized spacial score (nSPS) is 14.8. The average molecular weight is 464 g/mol. The highest BCUT2D eigenvalue weighted by Gasteiger charge is 2.38. The summed E-state index contributed by atoms with van der Waals surface area (Å²) < 4.78 is 5.65. The second-order valence-corrected chi connectivity index (χ2v) is 8.08. The lowest BCUT2D eigenvalue weighted by Crippen LogP contribution is -2.53. The van der Waals surface area contributed by atoms with Gasteiger partial charge < -0.3 is 15.4 Å². The highest BCUT2D eigenvalue weighted by atomic mass is 35.5. The van der Waals surface area contributed by atoms with E-state index < -0.39 is 23.8 Å². The molecule has 4 rings (SSSR count). The van der Waals surface area contributed by atoms with Gasteiger partial charge in [-0.1, -0.05) is 41.4 Å². The van der Waals surface area contributed by atoms with E-state index in [9.17, 15) is 14.4 Å². The molecule has 0 saturated heterocycles. The monoisotopic (exact) mass is 463 g/mol. The zero-order chi connectivity index (χ0) is 23.4. The summed E-state index contributed by atoms with van der Waals surface area (Å²) in [6.07, 6.45) is -0.223. The van der Waals surface area contributed by atoms with E-state index in [0.717, 1.165) is 5.56 Å². The number of carbonyl (C=O) groups excluding carboxylic acids is 3. The fraction of sp³-hybridized carbons (Fsp3) is 0.160. The van der Waals surface area contributed by atoms with Crippen LogP contribution < -0.4 is 20.3 Å². The largest absolute Gasteiger partial charge is 0.484 e. The molecule has 2 N–H and O–H groups in total. The molecule has 3 amide bonds. The third-order valence-corrected chi connectivity index (χ3v) is 5.45. The van der Waals surface area contributed by atoms with Crippen LogP contribution in [0.1, 0.15) is 12.0 Å². The molecule has 0 aromatic heterocycles. The van der Waals surface area contributed by atoms with Gasteiger partial charge in [-0.15, -0.1) is 0 Å². The molecule has 33 heavy (non-hydrogen) atoms. The van der Waals surface area contributed by atoms with E-state index in [0.29, 0.717) is 27.8 Å². The Balaban J connectivity index is 1.53. The molecule has 168 valence electrons. The van der Waals surface area contributed by atoms with E-state index in [1.165, 1.54) is 4.90 Å². The average Bonchev–Trinajstić information content (AvgIpc) is 2.80. The van der Waals surface area contributed by atoms with Crippen molar-refractivity contribution in [1.29, 1.82) is 0 Å². The number of carbonyl (C=O) groups is 3. The van der Waals surface area contributed by atoms with E-state index in [4.69, 9.17) is 16.3 Å². The van der Waals surface area contributed by atoms with Gasteiger partial charge in [0.25, 0.3) is 5.91 Å². The Hall–Kier alpha value is -3.84. The number of ether oxygens (including phenoxy) is 1. The molecule has 0 saturated carbocycles. The molecule has 0 radical (unpaired) electrons. The fourth-order valence-electron chi connectivity index (χ4n) is 3.55. The third kappa shape index (κ3) is 5.32. The highest BCUT2D eigenvalue weighted by molar-refractivity contribution is 6.30. The van der Waals surface area contributed by atoms with Gasteiger partial charge in [0, 0.05) is 10.7 Å². The molecule has 0 fully saturated rings. The first-order chi connectivity index (χ1) is 15.9. The van der Waals surface area contributed by atoms with Crippen LogP contribution in [-0.2, 0) is 14.4 Å². The van der Waals surface area contributed by atoms with Crippen molar-refractivity contribution >= 4 is 46.4 Å². The molecule has 0 spiro atoms. The van der Waals surface area contributed by atoms with Crippen LogP contribution in [0, 0.1) is 6.92 Å². The number of halogens is 1. The Labute approximate surface area is 196 Å². The number of nitrogens with one attached hydrogen (secondary N) is 2. The van der Waals surface area contributed by atoms with Gasteiger partial charge in [0.1, 0.15) is 11.8 Å². The van der Waals surface area contributed by atoms with E-state index in [1.807, 2.05) is 19.1 Å². The zero-order valence-electron chi connectivity index (χ0n) is 17.9. The minimum absolute atomic E-state index is 0.223. The van der Waals surface area contributed by atoms with E-state index in [1.54, 1.807) is 60.7 Å². The van der Waals surface area contributed by atoms with E-state index >= 15 is 0 Å². The summed E-state index contributed by atoms with van der Waals surface area (Å²) in [4.78, 5) is 40.1. The van der Waals surface area contributed by atoms with Crippen LogP contribution in [-0.4, -0.2) is 30.4 Å². The summed E-state index contributed by atoms with van der Waals surface area (Å²) in [5.74, 6) is -0.736. The smallest absolute Gasteiger partial charge is 0.265 e. The molecule has 1 atom stereocenters.